The van der Waals surface area contributed by atoms with E-state index < -0.39 is 0 Å². The quantitative estimate of drug-likeness (QED) is 0.0223. The fourth-order valence-electron chi connectivity index (χ4n) is 8.30. The summed E-state index contributed by atoms with van der Waals surface area (Å²) in [5.41, 5.74) is 5.06. The SMILES string of the molecule is C=CC(=O)OCCCCCCOc1ccc(Cc2ccc3cc(OCCCCCCOC(=O)C=C)ccc3c2)cc1.OCCCCCCOc1ccc(Cc2ccc3cc(OCCCCCCO)ccc3c2)cc1. The summed E-state index contributed by atoms with van der Waals surface area (Å²) in [5, 5.41) is 22.4. The number of fused-ring (bicyclic) bond motifs is 2. The summed E-state index contributed by atoms with van der Waals surface area (Å²) < 4.78 is 33.5. The van der Waals surface area contributed by atoms with E-state index in [1.54, 1.807) is 0 Å². The molecule has 0 radical (unpaired) electrons. The van der Waals surface area contributed by atoms with Crippen LogP contribution in [0, 0.1) is 0 Å². The van der Waals surface area contributed by atoms with Crippen molar-refractivity contribution in [3.63, 3.8) is 0 Å². The van der Waals surface area contributed by atoms with Crippen LogP contribution in [0.2, 0.25) is 0 Å². The lowest BCUT2D eigenvalue weighted by atomic mass is 10.0. The van der Waals surface area contributed by atoms with Crippen LogP contribution in [0.15, 0.2) is 147 Å². The van der Waals surface area contributed by atoms with E-state index >= 15 is 0 Å². The van der Waals surface area contributed by atoms with Crippen molar-refractivity contribution >= 4 is 33.5 Å². The molecule has 0 saturated heterocycles. The maximum atomic E-state index is 11.0. The van der Waals surface area contributed by atoms with E-state index in [2.05, 4.69) is 116 Å². The largest absolute Gasteiger partial charge is 0.494 e. The van der Waals surface area contributed by atoms with Crippen LogP contribution >= 0.6 is 0 Å². The normalized spacial score (nSPS) is 10.8. The Morgan fingerprint density at radius 2 is 0.622 bits per heavy atom. The molecule has 0 saturated carbocycles. The van der Waals surface area contributed by atoms with Crippen LogP contribution in [0.3, 0.4) is 0 Å². The molecule has 0 heterocycles. The van der Waals surface area contributed by atoms with Crippen molar-refractivity contribution in [1.29, 1.82) is 0 Å². The number of aliphatic hydroxyl groups excluding tert-OH is 2. The fraction of sp³-hybridized carbons (Fsp3) is 0.406. The van der Waals surface area contributed by atoms with Crippen molar-refractivity contribution in [3.8, 4) is 23.0 Å². The number of aliphatic hydroxyl groups is 2. The van der Waals surface area contributed by atoms with Gasteiger partial charge >= 0.3 is 11.9 Å². The molecular weight excluding hydrogens is 929 g/mol. The van der Waals surface area contributed by atoms with Crippen molar-refractivity contribution in [2.45, 2.75) is 116 Å². The summed E-state index contributed by atoms with van der Waals surface area (Å²) in [7, 11) is 0. The van der Waals surface area contributed by atoms with Gasteiger partial charge in [-0.1, -0.05) is 98.8 Å². The zero-order chi connectivity index (χ0) is 52.3. The molecule has 0 aliphatic carbocycles. The number of hydrogen-bond acceptors (Lipinski definition) is 10. The van der Waals surface area contributed by atoms with Crippen molar-refractivity contribution in [2.24, 2.45) is 0 Å². The Bertz CT molecular complexity index is 2530. The number of esters is 2. The van der Waals surface area contributed by atoms with Crippen LogP contribution in [-0.4, -0.2) is 75.0 Å². The van der Waals surface area contributed by atoms with E-state index in [9.17, 15) is 9.59 Å². The van der Waals surface area contributed by atoms with Crippen LogP contribution in [-0.2, 0) is 31.9 Å². The van der Waals surface area contributed by atoms with Crippen LogP contribution in [0.4, 0.5) is 0 Å². The molecular formula is C64H80O10. The second-order valence-corrected chi connectivity index (χ2v) is 18.6. The summed E-state index contributed by atoms with van der Waals surface area (Å²) in [5.74, 6) is 2.88. The minimum absolute atomic E-state index is 0.278. The maximum absolute atomic E-state index is 11.0. The highest BCUT2D eigenvalue weighted by atomic mass is 16.5. The summed E-state index contributed by atoms with van der Waals surface area (Å²) >= 11 is 0. The molecule has 10 heteroatoms. The van der Waals surface area contributed by atoms with E-state index in [1.807, 2.05) is 18.2 Å². The van der Waals surface area contributed by atoms with Gasteiger partial charge in [-0.2, -0.15) is 0 Å². The van der Waals surface area contributed by atoms with Crippen LogP contribution in [0.5, 0.6) is 23.0 Å². The van der Waals surface area contributed by atoms with Gasteiger partial charge in [-0.05, 0) is 195 Å². The number of rotatable bonds is 36. The van der Waals surface area contributed by atoms with Gasteiger partial charge in [-0.25, -0.2) is 9.59 Å². The molecule has 0 aromatic heterocycles. The predicted octanol–water partition coefficient (Wildman–Crippen LogP) is 14.1. The monoisotopic (exact) mass is 1010 g/mol. The summed E-state index contributed by atoms with van der Waals surface area (Å²) in [6.45, 7) is 11.0. The highest BCUT2D eigenvalue weighted by Crippen LogP contribution is 2.26. The molecule has 0 aliphatic heterocycles. The number of ether oxygens (including phenoxy) is 6. The topological polar surface area (TPSA) is 130 Å². The second-order valence-electron chi connectivity index (χ2n) is 18.6. The molecule has 2 N–H and O–H groups in total. The Morgan fingerprint density at radius 1 is 0.338 bits per heavy atom. The second kappa shape index (κ2) is 35.5. The van der Waals surface area contributed by atoms with Gasteiger partial charge in [0.05, 0.1) is 39.6 Å². The molecule has 0 atom stereocenters. The molecule has 0 fully saturated rings. The zero-order valence-electron chi connectivity index (χ0n) is 43.7. The van der Waals surface area contributed by atoms with Gasteiger partial charge in [0.1, 0.15) is 23.0 Å². The van der Waals surface area contributed by atoms with Gasteiger partial charge < -0.3 is 38.6 Å². The predicted molar refractivity (Wildman–Crippen MR) is 299 cm³/mol. The van der Waals surface area contributed by atoms with Crippen LogP contribution < -0.4 is 18.9 Å². The molecule has 6 aromatic carbocycles. The Labute approximate surface area is 440 Å². The molecule has 6 aromatic rings. The molecule has 396 valence electrons. The van der Waals surface area contributed by atoms with Crippen molar-refractivity contribution in [3.05, 3.63) is 169 Å². The standard InChI is InChI=1S/C35H42O6.C29H38O4/c1-3-34(36)40-23-11-7-5-9-21-38-32-18-14-28(15-19-32)25-29-13-16-31-27-33(20-17-30(31)26-29)39-22-10-6-8-12-24-41-35(37)4-2;30-17-5-1-3-7-19-32-28-14-10-24(11-15-28)21-25-9-12-27-23-29(16-13-26(27)22-25)33-20-8-4-2-6-18-31/h3-4,13-20,26-27H,1-2,5-12,21-25H2;9-16,22-23,30-31H,1-8,17-21H2. The van der Waals surface area contributed by atoms with Crippen molar-refractivity contribution < 1.29 is 48.2 Å². The summed E-state index contributed by atoms with van der Waals surface area (Å²) in [6, 6.07) is 42.4. The van der Waals surface area contributed by atoms with Crippen LogP contribution in [0.25, 0.3) is 21.5 Å². The lowest BCUT2D eigenvalue weighted by molar-refractivity contribution is -0.138. The third-order valence-electron chi connectivity index (χ3n) is 12.5. The number of carbonyl (C=O) groups excluding carboxylic acids is 2. The molecule has 74 heavy (non-hydrogen) atoms. The summed E-state index contributed by atoms with van der Waals surface area (Å²) in [6.07, 6.45) is 20.0. The minimum Gasteiger partial charge on any atom is -0.494 e. The first-order valence-corrected chi connectivity index (χ1v) is 26.9. The van der Waals surface area contributed by atoms with Gasteiger partial charge in [0.25, 0.3) is 0 Å². The molecule has 6 rings (SSSR count). The number of benzene rings is 6. The van der Waals surface area contributed by atoms with Crippen LogP contribution in [0.1, 0.15) is 125 Å². The molecule has 0 unspecified atom stereocenters. The van der Waals surface area contributed by atoms with Gasteiger partial charge in [0.2, 0.25) is 0 Å². The van der Waals surface area contributed by atoms with Gasteiger partial charge in [0, 0.05) is 25.4 Å². The third-order valence-corrected chi connectivity index (χ3v) is 12.5. The Morgan fingerprint density at radius 3 is 0.973 bits per heavy atom. The zero-order valence-corrected chi connectivity index (χ0v) is 43.7. The van der Waals surface area contributed by atoms with E-state index in [0.717, 1.165) is 157 Å². The molecule has 10 nitrogen and oxygen atoms in total. The van der Waals surface area contributed by atoms with Gasteiger partial charge in [0.15, 0.2) is 0 Å². The third kappa shape index (κ3) is 23.5. The average molecular weight is 1010 g/mol. The fourth-order valence-corrected chi connectivity index (χ4v) is 8.30. The highest BCUT2D eigenvalue weighted by Gasteiger charge is 2.06. The number of carbonyl (C=O) groups is 2. The van der Waals surface area contributed by atoms with E-state index in [1.165, 1.54) is 50.6 Å². The first kappa shape index (κ1) is 58.3. The van der Waals surface area contributed by atoms with E-state index in [4.69, 9.17) is 38.6 Å². The molecule has 0 spiro atoms. The highest BCUT2D eigenvalue weighted by molar-refractivity contribution is 5.85. The first-order chi connectivity index (χ1) is 36.3. The first-order valence-electron chi connectivity index (χ1n) is 26.9. The number of hydrogen-bond donors (Lipinski definition) is 2. The Kier molecular flexibility index (Phi) is 28.0. The van der Waals surface area contributed by atoms with Crippen molar-refractivity contribution in [1.82, 2.24) is 0 Å². The van der Waals surface area contributed by atoms with E-state index in [-0.39, 0.29) is 25.2 Å². The smallest absolute Gasteiger partial charge is 0.330 e. The Hall–Kier alpha value is -6.62. The molecule has 0 amide bonds. The van der Waals surface area contributed by atoms with E-state index in [0.29, 0.717) is 26.4 Å². The molecule has 0 bridgehead atoms. The lowest BCUT2D eigenvalue weighted by Gasteiger charge is -2.10. The summed E-state index contributed by atoms with van der Waals surface area (Å²) in [4.78, 5) is 22.0. The van der Waals surface area contributed by atoms with Crippen molar-refractivity contribution in [2.75, 3.05) is 52.9 Å². The minimum atomic E-state index is -0.362. The molecule has 0 aliphatic rings. The Balaban J connectivity index is 0.000000280. The van der Waals surface area contributed by atoms with Gasteiger partial charge in [-0.3, -0.25) is 0 Å². The maximum Gasteiger partial charge on any atom is 0.330 e. The van der Waals surface area contributed by atoms with Gasteiger partial charge in [-0.15, -0.1) is 0 Å². The lowest BCUT2D eigenvalue weighted by Crippen LogP contribution is -2.02. The number of unbranched alkanes of at least 4 members (excludes halogenated alkanes) is 12. The average Bonchev–Trinajstić information content (AvgIpc) is 3.43.